The molecule has 0 aliphatic heterocycles. The fourth-order valence-corrected chi connectivity index (χ4v) is 8.24. The van der Waals surface area contributed by atoms with E-state index in [4.69, 9.17) is 21.2 Å². The number of nitrogens with one attached hydrogen (secondary N) is 4. The molecule has 0 saturated heterocycles. The Morgan fingerprint density at radius 3 is 1.70 bits per heavy atom. The predicted molar refractivity (Wildman–Crippen MR) is 225 cm³/mol. The molecular weight excluding hydrogens is 823 g/mol. The quantitative estimate of drug-likeness (QED) is 0.0912. The zero-order chi connectivity index (χ0) is 44.5. The Morgan fingerprint density at radius 2 is 1.38 bits per heavy atom. The maximum atomic E-state index is 13.7. The Labute approximate surface area is 363 Å². The number of amides is 3. The second-order valence-corrected chi connectivity index (χ2v) is 19.1. The smallest absolute Gasteiger partial charge is 0.433 e. The van der Waals surface area contributed by atoms with E-state index in [1.807, 2.05) is 26.2 Å². The summed E-state index contributed by atoms with van der Waals surface area (Å²) in [7, 11) is 0. The highest BCUT2D eigenvalue weighted by molar-refractivity contribution is 5.95. The average Bonchev–Trinajstić information content (AvgIpc) is 3.48. The van der Waals surface area contributed by atoms with Crippen molar-refractivity contribution in [2.24, 2.45) is 34.5 Å². The number of ketones is 1. The number of hydrazine groups is 2. The lowest BCUT2D eigenvalue weighted by Gasteiger charge is -2.58. The van der Waals surface area contributed by atoms with Crippen LogP contribution in [0.2, 0.25) is 0 Å². The van der Waals surface area contributed by atoms with Gasteiger partial charge in [0, 0.05) is 30.6 Å². The molecule has 0 spiro atoms. The molecule has 8 fully saturated rings. The topological polar surface area (TPSA) is 237 Å². The number of carbonyl (C=O) groups excluding carboxylic acids is 4. The lowest BCUT2D eigenvalue weighted by Crippen LogP contribution is -2.61. The number of Topliss-reactive ketones (excluding diaryl/α,β-unsaturated/α-hetero) is 1. The Bertz CT molecular complexity index is 1630. The number of halogens is 4. The van der Waals surface area contributed by atoms with Gasteiger partial charge in [-0.05, 0) is 149 Å². The number of nitrogens with two attached hydrogens (primary N) is 2. The summed E-state index contributed by atoms with van der Waals surface area (Å²) in [6, 6.07) is 0.228. The first kappa shape index (κ1) is 51.8. The van der Waals surface area contributed by atoms with Gasteiger partial charge >= 0.3 is 18.4 Å². The van der Waals surface area contributed by atoms with E-state index < -0.39 is 46.8 Å². The van der Waals surface area contributed by atoms with E-state index in [9.17, 15) is 37.5 Å². The minimum atomic E-state index is -4.61. The molecule has 0 aromatic carbocycles. The zero-order valence-electron chi connectivity index (χ0n) is 36.5. The van der Waals surface area contributed by atoms with E-state index in [0.717, 1.165) is 74.4 Å². The monoisotopic (exact) mass is 891 g/mol. The zero-order valence-corrected chi connectivity index (χ0v) is 37.3. The van der Waals surface area contributed by atoms with Gasteiger partial charge in [-0.15, -0.1) is 12.4 Å². The molecule has 9 rings (SSSR count). The maximum Gasteiger partial charge on any atom is 0.433 e. The molecule has 16 nitrogen and oxygen atoms in total. The molecule has 348 valence electrons. The van der Waals surface area contributed by atoms with Crippen LogP contribution < -0.4 is 33.3 Å². The third-order valence-corrected chi connectivity index (χ3v) is 11.7. The lowest BCUT2D eigenvalue weighted by atomic mass is 9.52. The largest absolute Gasteiger partial charge is 0.443 e. The fraction of sp³-hybridized carbons (Fsp3) is 0.805. The van der Waals surface area contributed by atoms with Gasteiger partial charge in [0.2, 0.25) is 0 Å². The summed E-state index contributed by atoms with van der Waals surface area (Å²) in [6.45, 7) is 10.8. The summed E-state index contributed by atoms with van der Waals surface area (Å²) >= 11 is 0. The number of hydrazone groups is 1. The summed E-state index contributed by atoms with van der Waals surface area (Å²) in [4.78, 5) is 44.1. The molecule has 0 radical (unpaired) electrons. The number of rotatable bonds is 5. The van der Waals surface area contributed by atoms with Crippen LogP contribution in [-0.2, 0) is 20.4 Å². The van der Waals surface area contributed by atoms with Crippen LogP contribution in [0.5, 0.6) is 0 Å². The van der Waals surface area contributed by atoms with Crippen molar-refractivity contribution in [1.82, 2.24) is 31.4 Å². The minimum absolute atomic E-state index is 0. The second-order valence-electron chi connectivity index (χ2n) is 19.1. The van der Waals surface area contributed by atoms with E-state index in [1.165, 1.54) is 25.7 Å². The second kappa shape index (κ2) is 22.2. The number of hydrogen-bond acceptors (Lipinski definition) is 12. The normalized spacial score (nSPS) is 26.0. The van der Waals surface area contributed by atoms with Crippen molar-refractivity contribution in [2.75, 3.05) is 0 Å². The van der Waals surface area contributed by atoms with E-state index in [1.54, 1.807) is 20.8 Å². The van der Waals surface area contributed by atoms with E-state index in [-0.39, 0.29) is 41.9 Å². The molecule has 2 unspecified atom stereocenters. The van der Waals surface area contributed by atoms with Crippen LogP contribution in [0.3, 0.4) is 0 Å². The van der Waals surface area contributed by atoms with Gasteiger partial charge in [0.1, 0.15) is 17.0 Å². The number of aromatic nitrogens is 2. The number of carbonyl (C=O) groups is 4. The summed E-state index contributed by atoms with van der Waals surface area (Å²) in [5.74, 6) is 10.4. The van der Waals surface area contributed by atoms with Crippen LogP contribution in [0.4, 0.5) is 22.8 Å². The maximum absolute atomic E-state index is 13.7. The summed E-state index contributed by atoms with van der Waals surface area (Å²) < 4.78 is 51.7. The molecule has 3 amide bonds. The molecule has 8 saturated carbocycles. The summed E-state index contributed by atoms with van der Waals surface area (Å²) in [5, 5.41) is 21.4. The first-order valence-electron chi connectivity index (χ1n) is 21.4. The highest BCUT2D eigenvalue weighted by Crippen LogP contribution is 2.55. The lowest BCUT2D eigenvalue weighted by molar-refractivity contribution is -0.146. The predicted octanol–water partition coefficient (Wildman–Crippen LogP) is 6.90. The van der Waals surface area contributed by atoms with Crippen LogP contribution in [0, 0.1) is 17.8 Å². The fourth-order valence-electron chi connectivity index (χ4n) is 8.24. The average molecular weight is 893 g/mol. The summed E-state index contributed by atoms with van der Waals surface area (Å²) in [5.41, 5.74) is 5.12. The van der Waals surface area contributed by atoms with Crippen LogP contribution in [0.25, 0.3) is 0 Å². The van der Waals surface area contributed by atoms with Crippen LogP contribution in [0.1, 0.15) is 173 Å². The SMILES string of the molecule is CC(C)(C)OC(=O)NN.CC(C)(C)OC(=O)NN=C1CCC1.Cl.NNC1CCC1.O=C(NC1C2CC3CC1CC(O)(C3)C2)c1cnn(C2CCC2)c1C(F)(F)F.O=C1CCC1. The van der Waals surface area contributed by atoms with Gasteiger partial charge in [0.25, 0.3) is 5.91 Å². The van der Waals surface area contributed by atoms with E-state index >= 15 is 0 Å². The number of nitrogens with zero attached hydrogens (tertiary/aromatic N) is 3. The van der Waals surface area contributed by atoms with Gasteiger partial charge in [-0.25, -0.2) is 20.9 Å². The number of hydrogen-bond donors (Lipinski definition) is 7. The molecule has 8 aliphatic rings. The van der Waals surface area contributed by atoms with Crippen molar-refractivity contribution >= 4 is 42.0 Å². The van der Waals surface area contributed by atoms with Gasteiger partial charge in [-0.3, -0.25) is 31.0 Å². The van der Waals surface area contributed by atoms with E-state index in [2.05, 4.69) is 26.4 Å². The third kappa shape index (κ3) is 16.3. The van der Waals surface area contributed by atoms with Gasteiger partial charge in [0.15, 0.2) is 5.69 Å². The third-order valence-electron chi connectivity index (χ3n) is 11.7. The van der Waals surface area contributed by atoms with Crippen molar-refractivity contribution in [2.45, 2.75) is 192 Å². The van der Waals surface area contributed by atoms with Crippen molar-refractivity contribution in [3.8, 4) is 0 Å². The molecule has 61 heavy (non-hydrogen) atoms. The highest BCUT2D eigenvalue weighted by Gasteiger charge is 2.55. The molecule has 9 N–H and O–H groups in total. The Morgan fingerprint density at radius 1 is 0.852 bits per heavy atom. The first-order chi connectivity index (χ1) is 28.0. The summed E-state index contributed by atoms with van der Waals surface area (Å²) in [6.07, 6.45) is 11.5. The molecule has 4 bridgehead atoms. The van der Waals surface area contributed by atoms with Gasteiger partial charge in [-0.1, -0.05) is 6.42 Å². The van der Waals surface area contributed by atoms with Crippen molar-refractivity contribution < 1.29 is 46.9 Å². The molecule has 8 aliphatic carbocycles. The van der Waals surface area contributed by atoms with Gasteiger partial charge in [-0.2, -0.15) is 23.4 Å². The van der Waals surface area contributed by atoms with Crippen molar-refractivity contribution in [1.29, 1.82) is 0 Å². The Balaban J connectivity index is 0.000000242. The Kier molecular flexibility index (Phi) is 18.9. The van der Waals surface area contributed by atoms with Gasteiger partial charge < -0.3 is 19.9 Å². The molecule has 1 aromatic rings. The van der Waals surface area contributed by atoms with E-state index in [0.29, 0.717) is 43.4 Å². The standard InChI is InChI=1S/C19H24F3N3O2.C9H16N2O2.C5H12N2O2.C4H10N2.C4H6O.ClH/c20-19(21,22)16-14(9-23-25(16)13-2-1-3-13)17(26)24-15-11-4-10-5-12(15)8-18(27,6-10)7-11;1-9(2,3)13-8(12)11-10-7-5-4-6-7;1-5(2,3)9-4(8)7-6;5-6-4-2-1-3-4;5-4-2-1-3-4;/h9-13,15,27H,1-8H2,(H,24,26);4-6H2,1-3H3,(H,11,12);6H2,1-3H3,(H,7,8);4,6H,1-3,5H2;1-3H2;1H. The number of ether oxygens (including phenoxy) is 2. The molecular formula is C41H69ClF3N9O7. The first-order valence-corrected chi connectivity index (χ1v) is 21.4. The molecule has 20 heteroatoms. The molecule has 1 aromatic heterocycles. The Hall–Kier alpha value is -3.52. The number of alkyl halides is 3. The highest BCUT2D eigenvalue weighted by atomic mass is 35.5. The molecule has 2 atom stereocenters. The van der Waals surface area contributed by atoms with Crippen LogP contribution in [0.15, 0.2) is 11.3 Å². The van der Waals surface area contributed by atoms with Crippen molar-refractivity contribution in [3.05, 3.63) is 17.5 Å². The van der Waals surface area contributed by atoms with Crippen LogP contribution in [-0.4, -0.2) is 73.4 Å². The number of aliphatic hydroxyl groups is 1. The molecule has 1 heterocycles. The van der Waals surface area contributed by atoms with Crippen molar-refractivity contribution in [3.63, 3.8) is 0 Å². The van der Waals surface area contributed by atoms with Crippen LogP contribution >= 0.6 is 12.4 Å². The minimum Gasteiger partial charge on any atom is -0.443 e. The van der Waals surface area contributed by atoms with Gasteiger partial charge in [0.05, 0.1) is 23.4 Å².